The first kappa shape index (κ1) is 30.7. The molecule has 0 aromatic heterocycles. The number of esters is 2. The minimum Gasteiger partial charge on any atom is -0.456 e. The first-order chi connectivity index (χ1) is 25.6. The van der Waals surface area contributed by atoms with Gasteiger partial charge in [0, 0.05) is 22.3 Å². The highest BCUT2D eigenvalue weighted by atomic mass is 16.6. The number of carbonyl (C=O) groups is 2. The highest BCUT2D eigenvalue weighted by Crippen LogP contribution is 2.58. The number of hydrogen-bond donors (Lipinski definition) is 0. The zero-order chi connectivity index (χ0) is 34.9. The Bertz CT molecular complexity index is 2280. The molecule has 4 aliphatic heterocycles. The number of unbranched alkanes of at least 4 members (excludes halogenated alkanes) is 3. The van der Waals surface area contributed by atoms with Crippen molar-refractivity contribution in [1.29, 1.82) is 0 Å². The largest absolute Gasteiger partial charge is 0.456 e. The van der Waals surface area contributed by atoms with E-state index in [1.165, 1.54) is 0 Å². The fourth-order valence-corrected chi connectivity index (χ4v) is 8.93. The van der Waals surface area contributed by atoms with Gasteiger partial charge in [0.2, 0.25) is 0 Å². The van der Waals surface area contributed by atoms with Crippen LogP contribution in [-0.2, 0) is 33.5 Å². The summed E-state index contributed by atoms with van der Waals surface area (Å²) in [4.78, 5) is 26.7. The van der Waals surface area contributed by atoms with Gasteiger partial charge in [-0.05, 0) is 73.2 Å². The van der Waals surface area contributed by atoms with Crippen LogP contribution in [0.5, 0.6) is 23.0 Å². The molecule has 0 radical (unpaired) electrons. The molecule has 6 nitrogen and oxygen atoms in total. The van der Waals surface area contributed by atoms with Crippen LogP contribution in [-0.4, -0.2) is 11.9 Å². The van der Waals surface area contributed by atoms with E-state index in [1.54, 1.807) is 0 Å². The number of para-hydroxylation sites is 2. The lowest BCUT2D eigenvalue weighted by Crippen LogP contribution is -2.34. The number of carbonyl (C=O) groups excluding carboxylic acids is 2. The van der Waals surface area contributed by atoms with Gasteiger partial charge in [-0.2, -0.15) is 0 Å². The lowest BCUT2D eigenvalue weighted by atomic mass is 9.75. The topological polar surface area (TPSA) is 71.1 Å². The molecule has 6 aromatic rings. The van der Waals surface area contributed by atoms with Gasteiger partial charge in [-0.25, -0.2) is 9.59 Å². The Hall–Kier alpha value is -6.14. The van der Waals surface area contributed by atoms with Crippen LogP contribution in [0.25, 0.3) is 0 Å². The molecule has 0 saturated carbocycles. The summed E-state index contributed by atoms with van der Waals surface area (Å²) in [5.74, 6) is 2.21. The Labute approximate surface area is 301 Å². The highest BCUT2D eigenvalue weighted by molar-refractivity contribution is 5.98. The molecule has 0 fully saturated rings. The smallest absolute Gasteiger partial charge is 0.340 e. The molecule has 4 heterocycles. The van der Waals surface area contributed by atoms with Gasteiger partial charge >= 0.3 is 11.9 Å². The average molecular weight is 683 g/mol. The summed E-state index contributed by atoms with van der Waals surface area (Å²) in [6.45, 7) is 0. The minimum atomic E-state index is -1.06. The summed E-state index contributed by atoms with van der Waals surface area (Å²) in [7, 11) is 0. The van der Waals surface area contributed by atoms with E-state index in [-0.39, 0.29) is 11.9 Å². The van der Waals surface area contributed by atoms with Gasteiger partial charge in [-0.3, -0.25) is 0 Å². The Morgan fingerprint density at radius 2 is 0.769 bits per heavy atom. The minimum absolute atomic E-state index is 0.317. The van der Waals surface area contributed by atoms with Gasteiger partial charge in [-0.15, -0.1) is 0 Å². The second kappa shape index (κ2) is 11.7. The van der Waals surface area contributed by atoms with Crippen molar-refractivity contribution in [3.63, 3.8) is 0 Å². The van der Waals surface area contributed by atoms with Crippen molar-refractivity contribution in [1.82, 2.24) is 0 Å². The van der Waals surface area contributed by atoms with E-state index in [2.05, 4.69) is 12.1 Å². The van der Waals surface area contributed by atoms with Crippen molar-refractivity contribution >= 4 is 11.9 Å². The average Bonchev–Trinajstić information content (AvgIpc) is 3.64. The van der Waals surface area contributed by atoms with E-state index < -0.39 is 11.2 Å². The molecule has 2 unspecified atom stereocenters. The molecule has 52 heavy (non-hydrogen) atoms. The summed E-state index contributed by atoms with van der Waals surface area (Å²) >= 11 is 0. The summed E-state index contributed by atoms with van der Waals surface area (Å²) in [5.41, 5.74) is 6.55. The molecular weight excluding hydrogens is 649 g/mol. The molecule has 0 amide bonds. The number of ether oxygens (including phenoxy) is 4. The number of hydrogen-bond acceptors (Lipinski definition) is 6. The van der Waals surface area contributed by atoms with Gasteiger partial charge in [-0.1, -0.05) is 110 Å². The lowest BCUT2D eigenvalue weighted by molar-refractivity contribution is 0.0211. The third kappa shape index (κ3) is 4.30. The van der Waals surface area contributed by atoms with Crippen molar-refractivity contribution < 1.29 is 28.5 Å². The van der Waals surface area contributed by atoms with Crippen molar-refractivity contribution in [2.75, 3.05) is 0 Å². The van der Waals surface area contributed by atoms with Crippen LogP contribution < -0.4 is 9.47 Å². The summed E-state index contributed by atoms with van der Waals surface area (Å²) in [5, 5.41) is 0. The van der Waals surface area contributed by atoms with Crippen LogP contribution in [0, 0.1) is 0 Å². The zero-order valence-corrected chi connectivity index (χ0v) is 28.4. The molecule has 2 atom stereocenters. The number of rotatable bonds is 7. The molecule has 0 saturated heterocycles. The fraction of sp³-hybridized carbons (Fsp3) is 0.174. The maximum Gasteiger partial charge on any atom is 0.340 e. The molecular formula is C46H34O6. The second-order valence-corrected chi connectivity index (χ2v) is 13.9. The first-order valence-corrected chi connectivity index (χ1v) is 18.0. The quantitative estimate of drug-likeness (QED) is 0.123. The Balaban J connectivity index is 0.906. The van der Waals surface area contributed by atoms with Crippen LogP contribution in [0.1, 0.15) is 90.9 Å². The van der Waals surface area contributed by atoms with E-state index in [0.717, 1.165) is 94.5 Å². The monoisotopic (exact) mass is 682 g/mol. The molecule has 254 valence electrons. The third-order valence-corrected chi connectivity index (χ3v) is 11.1. The van der Waals surface area contributed by atoms with Gasteiger partial charge in [0.15, 0.2) is 11.2 Å². The van der Waals surface area contributed by atoms with E-state index >= 15 is 0 Å². The maximum atomic E-state index is 13.3. The van der Waals surface area contributed by atoms with Crippen LogP contribution >= 0.6 is 0 Å². The molecule has 0 bridgehead atoms. The zero-order valence-electron chi connectivity index (χ0n) is 28.4. The predicted molar refractivity (Wildman–Crippen MR) is 195 cm³/mol. The summed E-state index contributed by atoms with van der Waals surface area (Å²) in [6.07, 6.45) is 5.59. The SMILES string of the molecule is O=C1OC2(c3ccccc3Oc3cccc(CCCCCCc4cccc5c4C4(OC(=O)c6ccccc64)c4ccccc4O5)c32)c2ccccc21. The maximum absolute atomic E-state index is 13.3. The van der Waals surface area contributed by atoms with Crippen molar-refractivity contribution in [3.05, 3.63) is 189 Å². The Morgan fingerprint density at radius 3 is 1.23 bits per heavy atom. The van der Waals surface area contributed by atoms with Crippen molar-refractivity contribution in [3.8, 4) is 23.0 Å². The van der Waals surface area contributed by atoms with E-state index in [0.29, 0.717) is 22.6 Å². The van der Waals surface area contributed by atoms with Crippen LogP contribution in [0.4, 0.5) is 0 Å². The molecule has 0 aliphatic carbocycles. The molecule has 10 rings (SSSR count). The number of benzene rings is 6. The number of aryl methyl sites for hydroxylation is 2. The summed E-state index contributed by atoms with van der Waals surface area (Å²) < 4.78 is 25.7. The van der Waals surface area contributed by atoms with Gasteiger partial charge in [0.05, 0.1) is 22.3 Å². The van der Waals surface area contributed by atoms with Crippen LogP contribution in [0.2, 0.25) is 0 Å². The lowest BCUT2D eigenvalue weighted by Gasteiger charge is -2.38. The van der Waals surface area contributed by atoms with Gasteiger partial charge in [0.1, 0.15) is 23.0 Å². The Kier molecular flexibility index (Phi) is 6.90. The van der Waals surface area contributed by atoms with Crippen molar-refractivity contribution in [2.24, 2.45) is 0 Å². The standard InChI is InChI=1S/C46H34O6/c47-43-31-19-5-7-21-33(31)45(51-43)35-23-9-11-25-37(35)49-39-27-13-17-29(41(39)45)15-3-1-2-4-16-30-18-14-28-40-42(30)46(36-24-10-12-26-38(36)50-40)34-22-8-6-20-32(34)44(48)52-46/h5-14,17-28H,1-4,15-16H2. The molecule has 0 N–H and O–H groups in total. The number of fused-ring (bicyclic) bond motifs is 12. The van der Waals surface area contributed by atoms with Crippen LogP contribution in [0.15, 0.2) is 133 Å². The predicted octanol–water partition coefficient (Wildman–Crippen LogP) is 10.2. The highest BCUT2D eigenvalue weighted by Gasteiger charge is 2.55. The van der Waals surface area contributed by atoms with Crippen LogP contribution in [0.3, 0.4) is 0 Å². The van der Waals surface area contributed by atoms with Gasteiger partial charge in [0.25, 0.3) is 0 Å². The third-order valence-electron chi connectivity index (χ3n) is 11.1. The second-order valence-electron chi connectivity index (χ2n) is 13.9. The van der Waals surface area contributed by atoms with E-state index in [1.807, 2.05) is 121 Å². The molecule has 6 aromatic carbocycles. The first-order valence-electron chi connectivity index (χ1n) is 18.0. The Morgan fingerprint density at radius 1 is 0.385 bits per heavy atom. The molecule has 6 heteroatoms. The molecule has 4 aliphatic rings. The van der Waals surface area contributed by atoms with E-state index in [9.17, 15) is 9.59 Å². The van der Waals surface area contributed by atoms with Gasteiger partial charge < -0.3 is 18.9 Å². The van der Waals surface area contributed by atoms with E-state index in [4.69, 9.17) is 18.9 Å². The molecule has 2 spiro atoms. The fourth-order valence-electron chi connectivity index (χ4n) is 8.93. The normalized spacial score (nSPS) is 19.7. The summed E-state index contributed by atoms with van der Waals surface area (Å²) in [6, 6.07) is 43.4. The van der Waals surface area contributed by atoms with Crippen molar-refractivity contribution in [2.45, 2.75) is 49.7 Å².